The first kappa shape index (κ1) is 90.9. The van der Waals surface area contributed by atoms with Crippen molar-refractivity contribution in [2.24, 2.45) is 0 Å². The molecule has 14 heteroatoms. The van der Waals surface area contributed by atoms with E-state index in [1.807, 2.05) is 24.3 Å². The van der Waals surface area contributed by atoms with Crippen LogP contribution in [0.15, 0.2) is 24.3 Å². The number of hydrogen-bond acceptors (Lipinski definition) is 0. The first-order chi connectivity index (χ1) is 3.93. The molecule has 0 heterocycles. The van der Waals surface area contributed by atoms with Crippen LogP contribution in [-0.2, 0) is 458 Å². The van der Waals surface area contributed by atoms with Crippen molar-refractivity contribution < 1.29 is 458 Å². The molecule has 0 bridgehead atoms. The molecule has 0 aliphatic carbocycles. The molecule has 0 aromatic heterocycles. The minimum absolute atomic E-state index is 0. The van der Waals surface area contributed by atoms with Crippen LogP contribution < -0.4 is 0 Å². The largest absolute Gasteiger partial charge is 0.344 e. The van der Waals surface area contributed by atoms with Gasteiger partial charge in [-0.25, -0.2) is 12.1 Å². The van der Waals surface area contributed by atoms with Gasteiger partial charge in [-0.2, -0.15) is 12.1 Å². The zero-order valence-corrected chi connectivity index (χ0v) is 52.3. The van der Waals surface area contributed by atoms with Gasteiger partial charge in [0.2, 0.25) is 0 Å². The maximum Gasteiger partial charge on any atom is 0 e. The molecule has 1 aromatic rings. The smallest absolute Gasteiger partial charge is 0 e. The van der Waals surface area contributed by atoms with Gasteiger partial charge in [0.1, 0.15) is 0 Å². The second kappa shape index (κ2) is 76.5. The molecule has 0 fully saturated rings. The topological polar surface area (TPSA) is 0 Å². The summed E-state index contributed by atoms with van der Waals surface area (Å²) in [4.78, 5) is 0. The van der Waals surface area contributed by atoms with Crippen LogP contribution in [0.4, 0.5) is 0 Å². The van der Waals surface area contributed by atoms with Crippen molar-refractivity contribution in [3.05, 3.63) is 42.5 Å². The minimum atomic E-state index is 0. The summed E-state index contributed by atoms with van der Waals surface area (Å²) in [6.45, 7) is 5.19. The number of hydrogen-bond donors (Lipinski definition) is 0. The molecule has 0 amide bonds. The zero-order valence-electron chi connectivity index (χ0n) is 12.5. The molecule has 82 valence electrons. The third-order valence-corrected chi connectivity index (χ3v) is 0.913. The molecule has 0 spiro atoms. The van der Waals surface area contributed by atoms with Crippen LogP contribution in [0.5, 0.6) is 0 Å². The molecular weight excluding hydrogens is 1340 g/mol. The monoisotopic (exact) mass is 1350 g/mol. The van der Waals surface area contributed by atoms with Gasteiger partial charge in [-0.15, -0.1) is 6.07 Å². The second-order valence-electron chi connectivity index (χ2n) is 1.48. The van der Waals surface area contributed by atoms with E-state index in [1.54, 1.807) is 0 Å². The Morgan fingerprint density at radius 3 is 1.05 bits per heavy atom. The second-order valence-corrected chi connectivity index (χ2v) is 1.48. The summed E-state index contributed by atoms with van der Waals surface area (Å²) >= 11 is 0. The Labute approximate surface area is 489 Å². The van der Waals surface area contributed by atoms with Crippen molar-refractivity contribution in [2.45, 2.75) is 0 Å². The van der Waals surface area contributed by atoms with Crippen molar-refractivity contribution in [3.63, 3.8) is 0 Å². The third-order valence-electron chi connectivity index (χ3n) is 0.913. The standard InChI is InChI=1S/C8H6.14Y/c1-2-8-6-4-3-5-7-8;;;;;;;;;;;;;;/h1-6H;;;;;;;;;;;;;;/q-2;;;;;;;;;;;;;;. The summed E-state index contributed by atoms with van der Waals surface area (Å²) in [5, 5.41) is 0. The molecular formula is C8H6Y14-2. The van der Waals surface area contributed by atoms with E-state index < -0.39 is 0 Å². The van der Waals surface area contributed by atoms with Crippen molar-refractivity contribution in [1.29, 1.82) is 0 Å². The predicted octanol–water partition coefficient (Wildman–Crippen LogP) is 1.90. The van der Waals surface area contributed by atoms with E-state index in [2.05, 4.69) is 6.07 Å². The summed E-state index contributed by atoms with van der Waals surface area (Å²) in [6.07, 6.45) is 1.53. The fraction of sp³-hybridized carbons (Fsp3) is 0. The van der Waals surface area contributed by atoms with Crippen LogP contribution in [0.2, 0.25) is 0 Å². The van der Waals surface area contributed by atoms with E-state index in [0.29, 0.717) is 0 Å². The van der Waals surface area contributed by atoms with Gasteiger partial charge in [0.25, 0.3) is 0 Å². The Kier molecular flexibility index (Phi) is 316. The average molecular weight is 1350 g/mol. The molecule has 0 nitrogen and oxygen atoms in total. The summed E-state index contributed by atoms with van der Waals surface area (Å²) in [5.74, 6) is 0. The van der Waals surface area contributed by atoms with Crippen LogP contribution >= 0.6 is 0 Å². The maximum absolute atomic E-state index is 5.19. The van der Waals surface area contributed by atoms with Crippen molar-refractivity contribution >= 4 is 6.08 Å². The molecule has 0 saturated carbocycles. The molecule has 0 saturated heterocycles. The number of benzene rings is 1. The van der Waals surface area contributed by atoms with E-state index in [0.717, 1.165) is 5.56 Å². The Morgan fingerprint density at radius 2 is 0.909 bits per heavy atom. The van der Waals surface area contributed by atoms with Gasteiger partial charge in [0.05, 0.1) is 0 Å². The Balaban J connectivity index is -0.00000000381. The number of rotatable bonds is 1. The minimum Gasteiger partial charge on any atom is -0.344 e. The quantitative estimate of drug-likeness (QED) is 0.378. The molecule has 22 heavy (non-hydrogen) atoms. The summed E-state index contributed by atoms with van der Waals surface area (Å²) in [7, 11) is 0. The molecule has 1 aromatic carbocycles. The summed E-state index contributed by atoms with van der Waals surface area (Å²) in [6, 6.07) is 10.5. The van der Waals surface area contributed by atoms with E-state index in [1.165, 1.54) is 6.08 Å². The Hall–Kier alpha value is 14.4. The van der Waals surface area contributed by atoms with E-state index in [-0.39, 0.29) is 458 Å². The fourth-order valence-corrected chi connectivity index (χ4v) is 0.511. The van der Waals surface area contributed by atoms with Gasteiger partial charge < -0.3 is 18.2 Å². The van der Waals surface area contributed by atoms with Gasteiger partial charge in [-0.3, -0.25) is 0 Å². The van der Waals surface area contributed by atoms with Crippen LogP contribution in [0.1, 0.15) is 5.56 Å². The molecule has 1 rings (SSSR count). The van der Waals surface area contributed by atoms with Gasteiger partial charge >= 0.3 is 0 Å². The molecule has 0 atom stereocenters. The van der Waals surface area contributed by atoms with Crippen molar-refractivity contribution in [3.8, 4) is 0 Å². The Morgan fingerprint density at radius 1 is 0.591 bits per heavy atom. The molecule has 0 unspecified atom stereocenters. The zero-order chi connectivity index (χ0) is 5.82. The van der Waals surface area contributed by atoms with E-state index in [4.69, 9.17) is 6.58 Å². The predicted molar refractivity (Wildman–Crippen MR) is 34.0 cm³/mol. The Bertz CT molecular complexity index is 183. The summed E-state index contributed by atoms with van der Waals surface area (Å²) < 4.78 is 0. The maximum atomic E-state index is 5.19. The van der Waals surface area contributed by atoms with Gasteiger partial charge in [0.15, 0.2) is 0 Å². The van der Waals surface area contributed by atoms with Gasteiger partial charge in [0, 0.05) is 458 Å². The van der Waals surface area contributed by atoms with Crippen LogP contribution in [0.3, 0.4) is 0 Å². The first-order valence-corrected chi connectivity index (χ1v) is 2.45. The van der Waals surface area contributed by atoms with Crippen LogP contribution in [0, 0.1) is 12.6 Å². The molecule has 0 aliphatic rings. The molecule has 0 N–H and O–H groups in total. The normalized spacial score (nSPS) is 3.09. The molecule has 14 radical (unpaired) electrons. The van der Waals surface area contributed by atoms with Crippen molar-refractivity contribution in [2.75, 3.05) is 0 Å². The average Bonchev–Trinajstić information content (AvgIpc) is 1.90. The van der Waals surface area contributed by atoms with Crippen LogP contribution in [-0.4, -0.2) is 0 Å². The molecule has 0 aliphatic heterocycles. The van der Waals surface area contributed by atoms with E-state index in [9.17, 15) is 0 Å². The van der Waals surface area contributed by atoms with Crippen molar-refractivity contribution in [1.82, 2.24) is 0 Å². The third kappa shape index (κ3) is 64.5. The van der Waals surface area contributed by atoms with Crippen LogP contribution in [0.25, 0.3) is 6.08 Å². The summed E-state index contributed by atoms with van der Waals surface area (Å²) in [5.41, 5.74) is 0.938. The van der Waals surface area contributed by atoms with Gasteiger partial charge in [-0.1, -0.05) is 0 Å². The first-order valence-electron chi connectivity index (χ1n) is 2.45. The fourth-order valence-electron chi connectivity index (χ4n) is 0.511. The van der Waals surface area contributed by atoms with E-state index >= 15 is 0 Å². The van der Waals surface area contributed by atoms with Gasteiger partial charge in [-0.05, 0) is 0 Å². The SMILES string of the molecule is [CH-]=Cc1[c-]cccc1.[Y].[Y].[Y].[Y].[Y].[Y].[Y].[Y].[Y].[Y].[Y].[Y].[Y].[Y].